The summed E-state index contributed by atoms with van der Waals surface area (Å²) in [6.45, 7) is 3.49. The molecule has 70 valence electrons. The summed E-state index contributed by atoms with van der Waals surface area (Å²) in [5, 5.41) is 9.52. The van der Waals surface area contributed by atoms with E-state index in [-0.39, 0.29) is 5.02 Å². The summed E-state index contributed by atoms with van der Waals surface area (Å²) in [4.78, 5) is 0. The monoisotopic (exact) mass is 200 g/mol. The van der Waals surface area contributed by atoms with Gasteiger partial charge in [0.25, 0.3) is 0 Å². The highest BCUT2D eigenvalue weighted by molar-refractivity contribution is 6.30. The zero-order valence-corrected chi connectivity index (χ0v) is 7.76. The molecule has 0 saturated carbocycles. The third kappa shape index (κ3) is 2.54. The minimum absolute atomic E-state index is 0.0644. The molecule has 0 radical (unpaired) electrons. The maximum atomic E-state index is 12.9. The van der Waals surface area contributed by atoms with Crippen molar-refractivity contribution in [2.24, 2.45) is 0 Å². The normalized spacial score (nSPS) is 12.5. The first-order valence-corrected chi connectivity index (χ1v) is 4.27. The van der Waals surface area contributed by atoms with Crippen LogP contribution in [0.15, 0.2) is 30.9 Å². The van der Waals surface area contributed by atoms with Gasteiger partial charge in [0.15, 0.2) is 0 Å². The van der Waals surface area contributed by atoms with Gasteiger partial charge < -0.3 is 5.11 Å². The zero-order chi connectivity index (χ0) is 9.84. The molecule has 1 nitrogen and oxygen atoms in total. The highest BCUT2D eigenvalue weighted by Crippen LogP contribution is 2.22. The highest BCUT2D eigenvalue weighted by Gasteiger charge is 2.07. The maximum absolute atomic E-state index is 12.9. The molecule has 0 amide bonds. The first kappa shape index (κ1) is 10.2. The first-order chi connectivity index (χ1) is 6.15. The quantitative estimate of drug-likeness (QED) is 0.744. The average Bonchev–Trinajstić information content (AvgIpc) is 2.10. The number of benzene rings is 1. The van der Waals surface area contributed by atoms with Crippen LogP contribution in [0.4, 0.5) is 4.39 Å². The van der Waals surface area contributed by atoms with Crippen LogP contribution in [0.2, 0.25) is 5.02 Å². The second-order valence-electron chi connectivity index (χ2n) is 2.71. The highest BCUT2D eigenvalue weighted by atomic mass is 35.5. The Morgan fingerprint density at radius 1 is 1.62 bits per heavy atom. The van der Waals surface area contributed by atoms with Crippen molar-refractivity contribution in [3.8, 4) is 0 Å². The summed E-state index contributed by atoms with van der Waals surface area (Å²) < 4.78 is 12.9. The number of aliphatic hydroxyl groups is 1. The SMILES string of the molecule is C=CC[C@H](O)c1ccc(Cl)c(F)c1. The predicted molar refractivity (Wildman–Crippen MR) is 51.2 cm³/mol. The third-order valence-electron chi connectivity index (χ3n) is 1.72. The number of aliphatic hydroxyl groups excluding tert-OH is 1. The summed E-state index contributed by atoms with van der Waals surface area (Å²) >= 11 is 5.49. The van der Waals surface area contributed by atoms with E-state index in [9.17, 15) is 9.50 Å². The molecule has 0 aliphatic rings. The van der Waals surface area contributed by atoms with Gasteiger partial charge in [-0.15, -0.1) is 6.58 Å². The predicted octanol–water partition coefficient (Wildman–Crippen LogP) is 3.09. The summed E-state index contributed by atoms with van der Waals surface area (Å²) in [6.07, 6.45) is 1.28. The van der Waals surface area contributed by atoms with Crippen LogP contribution in [0, 0.1) is 5.82 Å². The van der Waals surface area contributed by atoms with E-state index >= 15 is 0 Å². The minimum Gasteiger partial charge on any atom is -0.388 e. The van der Waals surface area contributed by atoms with Gasteiger partial charge in [0.1, 0.15) is 5.82 Å². The Bertz CT molecular complexity index is 312. The van der Waals surface area contributed by atoms with Crippen molar-refractivity contribution in [2.45, 2.75) is 12.5 Å². The fraction of sp³-hybridized carbons (Fsp3) is 0.200. The van der Waals surface area contributed by atoms with Crippen molar-refractivity contribution in [1.82, 2.24) is 0 Å². The molecule has 1 atom stereocenters. The Morgan fingerprint density at radius 2 is 2.31 bits per heavy atom. The molecule has 0 aromatic heterocycles. The van der Waals surface area contributed by atoms with Gasteiger partial charge in [-0.25, -0.2) is 4.39 Å². The fourth-order valence-corrected chi connectivity index (χ4v) is 1.13. The minimum atomic E-state index is -0.704. The van der Waals surface area contributed by atoms with Gasteiger partial charge in [-0.05, 0) is 24.1 Å². The van der Waals surface area contributed by atoms with Crippen molar-refractivity contribution >= 4 is 11.6 Å². The summed E-state index contributed by atoms with van der Waals surface area (Å²) in [5.41, 5.74) is 0.516. The molecule has 1 aromatic carbocycles. The molecule has 0 heterocycles. The van der Waals surface area contributed by atoms with Crippen LogP contribution in [0.3, 0.4) is 0 Å². The maximum Gasteiger partial charge on any atom is 0.142 e. The molecule has 1 rings (SSSR count). The molecule has 0 spiro atoms. The first-order valence-electron chi connectivity index (χ1n) is 3.89. The van der Waals surface area contributed by atoms with Crippen molar-refractivity contribution < 1.29 is 9.50 Å². The topological polar surface area (TPSA) is 20.2 Å². The van der Waals surface area contributed by atoms with Gasteiger partial charge >= 0.3 is 0 Å². The number of rotatable bonds is 3. The van der Waals surface area contributed by atoms with E-state index in [4.69, 9.17) is 11.6 Å². The lowest BCUT2D eigenvalue weighted by molar-refractivity contribution is 0.181. The zero-order valence-electron chi connectivity index (χ0n) is 7.00. The van der Waals surface area contributed by atoms with Gasteiger partial charge in [-0.3, -0.25) is 0 Å². The van der Waals surface area contributed by atoms with E-state index in [2.05, 4.69) is 6.58 Å². The Kier molecular flexibility index (Phi) is 3.46. The summed E-state index contributed by atoms with van der Waals surface area (Å²) in [6, 6.07) is 4.26. The lowest BCUT2D eigenvalue weighted by Gasteiger charge is -2.08. The Labute approximate surface area is 81.5 Å². The second-order valence-corrected chi connectivity index (χ2v) is 3.12. The number of halogens is 2. The smallest absolute Gasteiger partial charge is 0.142 e. The lowest BCUT2D eigenvalue weighted by atomic mass is 10.1. The van der Waals surface area contributed by atoms with Crippen LogP contribution >= 0.6 is 11.6 Å². The molecule has 0 bridgehead atoms. The van der Waals surface area contributed by atoms with Gasteiger partial charge in [0.05, 0.1) is 11.1 Å². The van der Waals surface area contributed by atoms with E-state index < -0.39 is 11.9 Å². The largest absolute Gasteiger partial charge is 0.388 e. The van der Waals surface area contributed by atoms with Crippen LogP contribution in [-0.4, -0.2) is 5.11 Å². The third-order valence-corrected chi connectivity index (χ3v) is 2.02. The number of hydrogen-bond acceptors (Lipinski definition) is 1. The second kappa shape index (κ2) is 4.40. The lowest BCUT2D eigenvalue weighted by Crippen LogP contribution is -1.96. The van der Waals surface area contributed by atoms with E-state index in [0.29, 0.717) is 12.0 Å². The van der Waals surface area contributed by atoms with Gasteiger partial charge in [-0.2, -0.15) is 0 Å². The molecule has 0 fully saturated rings. The van der Waals surface area contributed by atoms with Gasteiger partial charge in [-0.1, -0.05) is 23.7 Å². The molecule has 13 heavy (non-hydrogen) atoms. The van der Waals surface area contributed by atoms with Crippen LogP contribution in [-0.2, 0) is 0 Å². The van der Waals surface area contributed by atoms with Gasteiger partial charge in [0, 0.05) is 0 Å². The van der Waals surface area contributed by atoms with E-state index in [1.165, 1.54) is 12.1 Å². The molecule has 0 aliphatic carbocycles. The number of hydrogen-bond donors (Lipinski definition) is 1. The van der Waals surface area contributed by atoms with E-state index in [1.807, 2.05) is 0 Å². The van der Waals surface area contributed by atoms with Crippen LogP contribution in [0.25, 0.3) is 0 Å². The van der Waals surface area contributed by atoms with Crippen LogP contribution in [0.5, 0.6) is 0 Å². The van der Waals surface area contributed by atoms with Crippen molar-refractivity contribution in [3.63, 3.8) is 0 Å². The van der Waals surface area contributed by atoms with E-state index in [1.54, 1.807) is 12.1 Å². The Morgan fingerprint density at radius 3 is 2.85 bits per heavy atom. The van der Waals surface area contributed by atoms with Crippen molar-refractivity contribution in [3.05, 3.63) is 47.3 Å². The van der Waals surface area contributed by atoms with Gasteiger partial charge in [0.2, 0.25) is 0 Å². The summed E-state index contributed by atoms with van der Waals surface area (Å²) in [7, 11) is 0. The molecule has 0 aliphatic heterocycles. The standard InChI is InChI=1S/C10H10ClFO/c1-2-3-10(13)7-4-5-8(11)9(12)6-7/h2,4-6,10,13H,1,3H2/t10-/m0/s1. The fourth-order valence-electron chi connectivity index (χ4n) is 1.01. The Hall–Kier alpha value is -0.860. The van der Waals surface area contributed by atoms with Crippen molar-refractivity contribution in [1.29, 1.82) is 0 Å². The molecule has 1 N–H and O–H groups in total. The average molecular weight is 201 g/mol. The van der Waals surface area contributed by atoms with E-state index in [0.717, 1.165) is 0 Å². The molecular weight excluding hydrogens is 191 g/mol. The molecule has 3 heteroatoms. The molecular formula is C10H10ClFO. The van der Waals surface area contributed by atoms with Crippen LogP contribution in [0.1, 0.15) is 18.1 Å². The Balaban J connectivity index is 2.89. The molecule has 1 aromatic rings. The van der Waals surface area contributed by atoms with Crippen molar-refractivity contribution in [2.75, 3.05) is 0 Å². The molecule has 0 saturated heterocycles. The summed E-state index contributed by atoms with van der Waals surface area (Å²) in [5.74, 6) is -0.512. The molecule has 0 unspecified atom stereocenters. The van der Waals surface area contributed by atoms with Crippen LogP contribution < -0.4 is 0 Å².